The van der Waals surface area contributed by atoms with Crippen LogP contribution in [0.4, 0.5) is 4.79 Å². The van der Waals surface area contributed by atoms with E-state index >= 15 is 0 Å². The lowest BCUT2D eigenvalue weighted by Crippen LogP contribution is -2.38. The van der Waals surface area contributed by atoms with Gasteiger partial charge in [-0.15, -0.1) is 11.3 Å². The van der Waals surface area contributed by atoms with Gasteiger partial charge >= 0.3 is 6.09 Å². The van der Waals surface area contributed by atoms with Gasteiger partial charge in [-0.05, 0) is 42.7 Å². The van der Waals surface area contributed by atoms with Crippen molar-refractivity contribution in [3.63, 3.8) is 0 Å². The summed E-state index contributed by atoms with van der Waals surface area (Å²) in [5, 5.41) is 1.99. The molecule has 0 bridgehead atoms. The second-order valence-corrected chi connectivity index (χ2v) is 10.1. The number of nitrogens with one attached hydrogen (secondary N) is 1. The Kier molecular flexibility index (Phi) is 7.09. The van der Waals surface area contributed by atoms with E-state index in [0.29, 0.717) is 25.9 Å². The third-order valence-corrected chi connectivity index (χ3v) is 7.24. The number of sulfonamides is 1. The van der Waals surface area contributed by atoms with Crippen molar-refractivity contribution >= 4 is 27.5 Å². The van der Waals surface area contributed by atoms with Crippen LogP contribution in [-0.2, 0) is 27.8 Å². The van der Waals surface area contributed by atoms with E-state index < -0.39 is 10.0 Å². The van der Waals surface area contributed by atoms with Crippen LogP contribution in [0.15, 0.2) is 47.8 Å². The predicted molar refractivity (Wildman–Crippen MR) is 111 cm³/mol. The fourth-order valence-corrected chi connectivity index (χ4v) is 5.90. The molecule has 1 aromatic heterocycles. The summed E-state index contributed by atoms with van der Waals surface area (Å²) < 4.78 is 33.0. The van der Waals surface area contributed by atoms with Crippen LogP contribution < -0.4 is 4.72 Å². The molecule has 152 valence electrons. The van der Waals surface area contributed by atoms with Crippen molar-refractivity contribution in [2.45, 2.75) is 32.4 Å². The molecule has 1 aliphatic rings. The number of hydrogen-bond donors (Lipinski definition) is 1. The molecule has 0 radical (unpaired) electrons. The quantitative estimate of drug-likeness (QED) is 0.709. The highest BCUT2D eigenvalue weighted by Gasteiger charge is 2.31. The van der Waals surface area contributed by atoms with Gasteiger partial charge in [0.15, 0.2) is 0 Å². The molecule has 28 heavy (non-hydrogen) atoms. The summed E-state index contributed by atoms with van der Waals surface area (Å²) in [7, 11) is -3.40. The standard InChI is InChI=1S/C20H26N2O4S2/c1-16(12-19-8-5-11-27-19)21-28(24,25)15-18-9-10-22(13-18)20(23)26-14-17-6-3-2-4-7-17/h2-8,11,16,18,21H,9-10,12-15H2,1H3/t16-,18-/m1/s1. The minimum atomic E-state index is -3.40. The van der Waals surface area contributed by atoms with E-state index in [1.807, 2.05) is 54.8 Å². The van der Waals surface area contributed by atoms with Crippen LogP contribution in [0, 0.1) is 5.92 Å². The van der Waals surface area contributed by atoms with E-state index in [2.05, 4.69) is 4.72 Å². The highest BCUT2D eigenvalue weighted by atomic mass is 32.2. The average Bonchev–Trinajstić information content (AvgIpc) is 3.31. The van der Waals surface area contributed by atoms with Gasteiger partial charge in [-0.25, -0.2) is 17.9 Å². The van der Waals surface area contributed by atoms with Crippen molar-refractivity contribution in [3.05, 3.63) is 58.3 Å². The van der Waals surface area contributed by atoms with Crippen LogP contribution in [0.1, 0.15) is 23.8 Å². The van der Waals surface area contributed by atoms with Crippen molar-refractivity contribution in [3.8, 4) is 0 Å². The number of rotatable bonds is 8. The molecule has 6 nitrogen and oxygen atoms in total. The average molecular weight is 423 g/mol. The van der Waals surface area contributed by atoms with Crippen LogP contribution in [0.5, 0.6) is 0 Å². The molecule has 1 amide bonds. The van der Waals surface area contributed by atoms with Crippen molar-refractivity contribution in [1.82, 2.24) is 9.62 Å². The molecule has 1 aliphatic heterocycles. The molecule has 1 saturated heterocycles. The second-order valence-electron chi connectivity index (χ2n) is 7.22. The SMILES string of the molecule is C[C@H](Cc1cccs1)NS(=O)(=O)C[C@@H]1CCN(C(=O)OCc2ccccc2)C1. The normalized spacial score (nSPS) is 18.2. The third-order valence-electron chi connectivity index (χ3n) is 4.67. The number of hydrogen-bond acceptors (Lipinski definition) is 5. The number of thiophene rings is 1. The number of benzene rings is 1. The van der Waals surface area contributed by atoms with Gasteiger partial charge < -0.3 is 9.64 Å². The highest BCUT2D eigenvalue weighted by molar-refractivity contribution is 7.89. The van der Waals surface area contributed by atoms with E-state index in [1.54, 1.807) is 16.2 Å². The molecule has 0 aliphatic carbocycles. The Labute approximate surface area is 170 Å². The summed E-state index contributed by atoms with van der Waals surface area (Å²) in [5.74, 6) is -0.0414. The summed E-state index contributed by atoms with van der Waals surface area (Å²) in [6.07, 6.45) is 0.961. The molecule has 0 saturated carbocycles. The molecule has 3 rings (SSSR count). The van der Waals surface area contributed by atoms with Crippen molar-refractivity contribution in [2.75, 3.05) is 18.8 Å². The molecule has 0 spiro atoms. The molecule has 2 aromatic rings. The summed E-state index contributed by atoms with van der Waals surface area (Å²) >= 11 is 1.62. The number of likely N-dealkylation sites (tertiary alicyclic amines) is 1. The second kappa shape index (κ2) is 9.54. The highest BCUT2D eigenvalue weighted by Crippen LogP contribution is 2.20. The van der Waals surface area contributed by atoms with Crippen LogP contribution in [0.25, 0.3) is 0 Å². The maximum atomic E-state index is 12.5. The minimum absolute atomic E-state index is 0.0320. The molecule has 2 heterocycles. The Bertz CT molecular complexity index is 854. The monoisotopic (exact) mass is 422 g/mol. The van der Waals surface area contributed by atoms with Gasteiger partial charge in [0.25, 0.3) is 0 Å². The molecular formula is C20H26N2O4S2. The summed E-state index contributed by atoms with van der Waals surface area (Å²) in [6.45, 7) is 3.03. The van der Waals surface area contributed by atoms with Gasteiger partial charge in [0.1, 0.15) is 6.61 Å². The number of carbonyl (C=O) groups is 1. The summed E-state index contributed by atoms with van der Waals surface area (Å²) in [6, 6.07) is 13.3. The first-order chi connectivity index (χ1) is 13.4. The number of nitrogens with zero attached hydrogens (tertiary/aromatic N) is 1. The van der Waals surface area contributed by atoms with Gasteiger partial charge in [-0.2, -0.15) is 0 Å². The van der Waals surface area contributed by atoms with E-state index in [-0.39, 0.29) is 30.4 Å². The van der Waals surface area contributed by atoms with Crippen LogP contribution >= 0.6 is 11.3 Å². The Balaban J connectivity index is 1.43. The number of ether oxygens (including phenoxy) is 1. The smallest absolute Gasteiger partial charge is 0.410 e. The maximum Gasteiger partial charge on any atom is 0.410 e. The Morgan fingerprint density at radius 2 is 2.07 bits per heavy atom. The van der Waals surface area contributed by atoms with E-state index in [1.165, 1.54) is 0 Å². The zero-order valence-corrected chi connectivity index (χ0v) is 17.5. The van der Waals surface area contributed by atoms with Crippen LogP contribution in [-0.4, -0.2) is 44.3 Å². The molecule has 0 unspecified atom stereocenters. The zero-order valence-electron chi connectivity index (χ0n) is 15.9. The van der Waals surface area contributed by atoms with Gasteiger partial charge in [0.2, 0.25) is 10.0 Å². The number of carbonyl (C=O) groups excluding carboxylic acids is 1. The lowest BCUT2D eigenvalue weighted by Gasteiger charge is -2.18. The number of amides is 1. The van der Waals surface area contributed by atoms with Crippen LogP contribution in [0.3, 0.4) is 0 Å². The molecule has 8 heteroatoms. The van der Waals surface area contributed by atoms with Gasteiger partial charge in [-0.3, -0.25) is 0 Å². The zero-order chi connectivity index (χ0) is 20.0. The molecule has 1 N–H and O–H groups in total. The van der Waals surface area contributed by atoms with Gasteiger partial charge in [0.05, 0.1) is 5.75 Å². The van der Waals surface area contributed by atoms with Gasteiger partial charge in [0, 0.05) is 24.0 Å². The first-order valence-corrected chi connectivity index (χ1v) is 11.9. The van der Waals surface area contributed by atoms with Crippen molar-refractivity contribution < 1.29 is 17.9 Å². The molecule has 1 fully saturated rings. The molecule has 2 atom stereocenters. The van der Waals surface area contributed by atoms with E-state index in [9.17, 15) is 13.2 Å². The minimum Gasteiger partial charge on any atom is -0.445 e. The van der Waals surface area contributed by atoms with Crippen molar-refractivity contribution in [2.24, 2.45) is 5.92 Å². The molecule has 1 aromatic carbocycles. The fourth-order valence-electron chi connectivity index (χ4n) is 3.38. The van der Waals surface area contributed by atoms with Gasteiger partial charge in [-0.1, -0.05) is 36.4 Å². The third kappa shape index (κ3) is 6.32. The van der Waals surface area contributed by atoms with Crippen molar-refractivity contribution in [1.29, 1.82) is 0 Å². The Hall–Kier alpha value is -1.90. The largest absolute Gasteiger partial charge is 0.445 e. The summed E-state index contributed by atoms with van der Waals surface area (Å²) in [5.41, 5.74) is 0.929. The predicted octanol–water partition coefficient (Wildman–Crippen LogP) is 3.26. The first kappa shape index (κ1) is 20.8. The lowest BCUT2D eigenvalue weighted by atomic mass is 10.2. The fraction of sp³-hybridized carbons (Fsp3) is 0.450. The van der Waals surface area contributed by atoms with E-state index in [4.69, 9.17) is 4.74 Å². The van der Waals surface area contributed by atoms with E-state index in [0.717, 1.165) is 10.4 Å². The first-order valence-electron chi connectivity index (χ1n) is 9.39. The van der Waals surface area contributed by atoms with Crippen LogP contribution in [0.2, 0.25) is 0 Å². The lowest BCUT2D eigenvalue weighted by molar-refractivity contribution is 0.103. The maximum absolute atomic E-state index is 12.5. The molecular weight excluding hydrogens is 396 g/mol. The Morgan fingerprint density at radius 1 is 1.29 bits per heavy atom. The summed E-state index contributed by atoms with van der Waals surface area (Å²) in [4.78, 5) is 15.0. The topological polar surface area (TPSA) is 75.7 Å². The Morgan fingerprint density at radius 3 is 2.79 bits per heavy atom.